The first-order valence-electron chi connectivity index (χ1n) is 10.4. The van der Waals surface area contributed by atoms with Gasteiger partial charge in [-0.1, -0.05) is 0 Å². The molecular weight excluding hydrogens is 400 g/mol. The maximum Gasteiger partial charge on any atom is 0.268 e. The first-order chi connectivity index (χ1) is 14.5. The Morgan fingerprint density at radius 1 is 1.13 bits per heavy atom. The molecule has 1 saturated heterocycles. The highest BCUT2D eigenvalue weighted by Gasteiger charge is 2.25. The van der Waals surface area contributed by atoms with Gasteiger partial charge in [-0.25, -0.2) is 12.4 Å². The van der Waals surface area contributed by atoms with Crippen molar-refractivity contribution < 1.29 is 13.2 Å². The molecule has 5 rings (SSSR count). The van der Waals surface area contributed by atoms with E-state index in [4.69, 9.17) is 4.74 Å². The summed E-state index contributed by atoms with van der Waals surface area (Å²) in [6.07, 6.45) is 6.73. The normalized spacial score (nSPS) is 17.3. The number of aromatic nitrogens is 2. The van der Waals surface area contributed by atoms with Crippen molar-refractivity contribution in [3.63, 3.8) is 0 Å². The fourth-order valence-corrected chi connectivity index (χ4v) is 5.77. The van der Waals surface area contributed by atoms with Crippen molar-refractivity contribution in [2.75, 3.05) is 44.7 Å². The van der Waals surface area contributed by atoms with Crippen LogP contribution in [0.1, 0.15) is 18.4 Å². The second kappa shape index (κ2) is 7.59. The maximum atomic E-state index is 13.5. The minimum atomic E-state index is -3.77. The van der Waals surface area contributed by atoms with E-state index in [0.717, 1.165) is 49.4 Å². The zero-order chi connectivity index (χ0) is 20.7. The van der Waals surface area contributed by atoms with Gasteiger partial charge in [0.1, 0.15) is 12.4 Å². The molecule has 1 fully saturated rings. The van der Waals surface area contributed by atoms with E-state index < -0.39 is 10.0 Å². The van der Waals surface area contributed by atoms with Crippen molar-refractivity contribution in [2.24, 2.45) is 0 Å². The molecule has 0 bridgehead atoms. The fraction of sp³-hybridized carbons (Fsp3) is 0.409. The number of hydrogen-bond donors (Lipinski definition) is 0. The van der Waals surface area contributed by atoms with Gasteiger partial charge in [0.25, 0.3) is 10.0 Å². The molecule has 0 amide bonds. The molecule has 158 valence electrons. The van der Waals surface area contributed by atoms with E-state index in [-0.39, 0.29) is 4.90 Å². The van der Waals surface area contributed by atoms with Crippen molar-refractivity contribution >= 4 is 26.7 Å². The number of nitrogens with zero attached hydrogens (tertiary/aromatic N) is 4. The predicted octanol–water partition coefficient (Wildman–Crippen LogP) is 2.74. The van der Waals surface area contributed by atoms with Crippen molar-refractivity contribution in [3.05, 3.63) is 48.3 Å². The van der Waals surface area contributed by atoms with Crippen LogP contribution in [0, 0.1) is 0 Å². The van der Waals surface area contributed by atoms with Gasteiger partial charge in [0.15, 0.2) is 0 Å². The van der Waals surface area contributed by atoms with Crippen LogP contribution in [0.25, 0.3) is 11.0 Å². The molecule has 8 heteroatoms. The van der Waals surface area contributed by atoms with E-state index >= 15 is 0 Å². The van der Waals surface area contributed by atoms with Crippen LogP contribution in [0.2, 0.25) is 0 Å². The zero-order valence-electron chi connectivity index (χ0n) is 17.1. The number of fused-ring (bicyclic) bond motifs is 2. The lowest BCUT2D eigenvalue weighted by atomic mass is 10.2. The Hall–Kier alpha value is -2.58. The number of anilines is 1. The molecule has 0 N–H and O–H groups in total. The van der Waals surface area contributed by atoms with Crippen molar-refractivity contribution in [3.8, 4) is 5.75 Å². The van der Waals surface area contributed by atoms with E-state index in [1.165, 1.54) is 16.8 Å². The number of likely N-dealkylation sites (N-methyl/N-ethyl adjacent to an activating group) is 1. The number of benzene rings is 1. The zero-order valence-corrected chi connectivity index (χ0v) is 17.9. The van der Waals surface area contributed by atoms with Gasteiger partial charge < -0.3 is 14.5 Å². The standard InChI is InChI=1S/C22H26N4O3S/c1-24-13-14-29-21-15-18(6-7-19(21)24)30(27,28)26-16-17(8-12-25-10-2-3-11-25)22-20(26)5-4-9-23-22/h4-7,9,15-16H,2-3,8,10-14H2,1H3. The fourth-order valence-electron chi connectivity index (χ4n) is 4.37. The van der Waals surface area contributed by atoms with Gasteiger partial charge in [0.05, 0.1) is 28.2 Å². The Kier molecular flexibility index (Phi) is 4.91. The molecule has 0 unspecified atom stereocenters. The molecule has 7 nitrogen and oxygen atoms in total. The third-order valence-corrected chi connectivity index (χ3v) is 7.75. The Morgan fingerprint density at radius 2 is 1.97 bits per heavy atom. The summed E-state index contributed by atoms with van der Waals surface area (Å²) in [7, 11) is -1.79. The van der Waals surface area contributed by atoms with Crippen LogP contribution < -0.4 is 9.64 Å². The number of rotatable bonds is 5. The Balaban J connectivity index is 1.53. The lowest BCUT2D eigenvalue weighted by Gasteiger charge is -2.27. The molecule has 3 aromatic rings. The summed E-state index contributed by atoms with van der Waals surface area (Å²) in [5, 5.41) is 0. The summed E-state index contributed by atoms with van der Waals surface area (Å²) in [4.78, 5) is 9.22. The number of hydrogen-bond acceptors (Lipinski definition) is 6. The average molecular weight is 427 g/mol. The Bertz CT molecular complexity index is 1180. The molecular formula is C22H26N4O3S. The molecule has 30 heavy (non-hydrogen) atoms. The lowest BCUT2D eigenvalue weighted by molar-refractivity contribution is 0.310. The molecule has 2 aliphatic rings. The second-order valence-corrected chi connectivity index (χ2v) is 9.84. The summed E-state index contributed by atoms with van der Waals surface area (Å²) in [6, 6.07) is 8.71. The van der Waals surface area contributed by atoms with Gasteiger partial charge in [0.2, 0.25) is 0 Å². The van der Waals surface area contributed by atoms with Gasteiger partial charge in [-0.15, -0.1) is 0 Å². The minimum absolute atomic E-state index is 0.225. The summed E-state index contributed by atoms with van der Waals surface area (Å²) < 4.78 is 34.2. The maximum absolute atomic E-state index is 13.5. The smallest absolute Gasteiger partial charge is 0.268 e. The summed E-state index contributed by atoms with van der Waals surface area (Å²) in [5.41, 5.74) is 3.25. The van der Waals surface area contributed by atoms with Crippen LogP contribution in [-0.2, 0) is 16.4 Å². The van der Waals surface area contributed by atoms with Gasteiger partial charge >= 0.3 is 0 Å². The van der Waals surface area contributed by atoms with Crippen molar-refractivity contribution in [1.82, 2.24) is 13.9 Å². The molecule has 2 aliphatic heterocycles. The molecule has 0 atom stereocenters. The molecule has 2 aromatic heterocycles. The molecule has 0 spiro atoms. The average Bonchev–Trinajstić information content (AvgIpc) is 3.40. The number of likely N-dealkylation sites (tertiary alicyclic amines) is 1. The second-order valence-electron chi connectivity index (χ2n) is 8.02. The van der Waals surface area contributed by atoms with Crippen LogP contribution in [-0.4, -0.2) is 62.1 Å². The Morgan fingerprint density at radius 3 is 2.80 bits per heavy atom. The highest BCUT2D eigenvalue weighted by molar-refractivity contribution is 7.90. The van der Waals surface area contributed by atoms with Crippen LogP contribution in [0.4, 0.5) is 5.69 Å². The molecule has 0 aliphatic carbocycles. The SMILES string of the molecule is CN1CCOc2cc(S(=O)(=O)n3cc(CCN4CCCC4)c4ncccc43)ccc21. The van der Waals surface area contributed by atoms with E-state index in [0.29, 0.717) is 17.9 Å². The number of pyridine rings is 1. The third kappa shape index (κ3) is 3.33. The summed E-state index contributed by atoms with van der Waals surface area (Å²) in [6.45, 7) is 4.49. The van der Waals surface area contributed by atoms with Crippen molar-refractivity contribution in [1.29, 1.82) is 0 Å². The van der Waals surface area contributed by atoms with E-state index in [1.807, 2.05) is 19.2 Å². The quantitative estimate of drug-likeness (QED) is 0.625. The first-order valence-corrected chi connectivity index (χ1v) is 11.9. The van der Waals surface area contributed by atoms with Gasteiger partial charge in [-0.3, -0.25) is 4.98 Å². The molecule has 4 heterocycles. The van der Waals surface area contributed by atoms with Crippen LogP contribution >= 0.6 is 0 Å². The first kappa shape index (κ1) is 19.4. The van der Waals surface area contributed by atoms with Crippen LogP contribution in [0.5, 0.6) is 5.75 Å². The minimum Gasteiger partial charge on any atom is -0.490 e. The van der Waals surface area contributed by atoms with Crippen LogP contribution in [0.15, 0.2) is 47.6 Å². The lowest BCUT2D eigenvalue weighted by Crippen LogP contribution is -2.29. The molecule has 1 aromatic carbocycles. The van der Waals surface area contributed by atoms with Gasteiger partial charge in [-0.05, 0) is 62.2 Å². The summed E-state index contributed by atoms with van der Waals surface area (Å²) in [5.74, 6) is 0.605. The van der Waals surface area contributed by atoms with E-state index in [2.05, 4.69) is 14.8 Å². The highest BCUT2D eigenvalue weighted by Crippen LogP contribution is 2.34. The molecule has 0 radical (unpaired) electrons. The Labute approximate surface area is 176 Å². The summed E-state index contributed by atoms with van der Waals surface area (Å²) >= 11 is 0. The highest BCUT2D eigenvalue weighted by atomic mass is 32.2. The van der Waals surface area contributed by atoms with Gasteiger partial charge in [0, 0.05) is 32.1 Å². The van der Waals surface area contributed by atoms with Gasteiger partial charge in [-0.2, -0.15) is 0 Å². The largest absolute Gasteiger partial charge is 0.490 e. The van der Waals surface area contributed by atoms with E-state index in [9.17, 15) is 8.42 Å². The predicted molar refractivity (Wildman–Crippen MR) is 117 cm³/mol. The topological polar surface area (TPSA) is 67.7 Å². The third-order valence-electron chi connectivity index (χ3n) is 6.08. The van der Waals surface area contributed by atoms with E-state index in [1.54, 1.807) is 30.6 Å². The van der Waals surface area contributed by atoms with Crippen LogP contribution in [0.3, 0.4) is 0 Å². The molecule has 0 saturated carbocycles. The van der Waals surface area contributed by atoms with Crippen molar-refractivity contribution in [2.45, 2.75) is 24.2 Å². The number of ether oxygens (including phenoxy) is 1. The monoisotopic (exact) mass is 426 g/mol.